The molecule has 4 nitrogen and oxygen atoms in total. The summed E-state index contributed by atoms with van der Waals surface area (Å²) in [5.74, 6) is 0.887. The highest BCUT2D eigenvalue weighted by atomic mass is 16.5. The van der Waals surface area contributed by atoms with Crippen molar-refractivity contribution in [3.8, 4) is 0 Å². The highest BCUT2D eigenvalue weighted by molar-refractivity contribution is 5.91. The predicted octanol–water partition coefficient (Wildman–Crippen LogP) is 1.75. The van der Waals surface area contributed by atoms with Gasteiger partial charge in [-0.3, -0.25) is 10.1 Å². The second-order valence-corrected chi connectivity index (χ2v) is 6.29. The summed E-state index contributed by atoms with van der Waals surface area (Å²) in [6.45, 7) is 9.80. The van der Waals surface area contributed by atoms with Crippen molar-refractivity contribution in [3.05, 3.63) is 0 Å². The van der Waals surface area contributed by atoms with Crippen molar-refractivity contribution in [1.82, 2.24) is 10.2 Å². The van der Waals surface area contributed by atoms with Gasteiger partial charge in [0.25, 0.3) is 0 Å². The van der Waals surface area contributed by atoms with Crippen LogP contribution in [-0.2, 0) is 9.53 Å². The number of ether oxygens (including phenoxy) is 1. The van der Waals surface area contributed by atoms with Gasteiger partial charge in [0.1, 0.15) is 0 Å². The van der Waals surface area contributed by atoms with Crippen molar-refractivity contribution < 1.29 is 9.53 Å². The Labute approximate surface area is 110 Å². The lowest BCUT2D eigenvalue weighted by Gasteiger charge is -2.25. The van der Waals surface area contributed by atoms with E-state index in [1.54, 1.807) is 0 Å². The number of carbonyl (C=O) groups is 1. The van der Waals surface area contributed by atoms with Crippen LogP contribution in [-0.4, -0.2) is 41.8 Å². The van der Waals surface area contributed by atoms with Gasteiger partial charge < -0.3 is 9.64 Å². The second kappa shape index (κ2) is 5.17. The molecule has 0 aromatic rings. The summed E-state index contributed by atoms with van der Waals surface area (Å²) in [6.07, 6.45) is 3.46. The molecule has 1 amide bonds. The summed E-state index contributed by atoms with van der Waals surface area (Å²) in [5, 5.41) is 3.53. The van der Waals surface area contributed by atoms with Gasteiger partial charge in [-0.25, -0.2) is 0 Å². The van der Waals surface area contributed by atoms with Crippen LogP contribution in [0.1, 0.15) is 47.0 Å². The van der Waals surface area contributed by atoms with Gasteiger partial charge in [-0.2, -0.15) is 0 Å². The van der Waals surface area contributed by atoms with Crippen LogP contribution in [0.5, 0.6) is 0 Å². The average Bonchev–Trinajstić information content (AvgIpc) is 2.98. The molecule has 2 rings (SSSR count). The maximum absolute atomic E-state index is 12.4. The molecule has 1 aliphatic heterocycles. The van der Waals surface area contributed by atoms with Gasteiger partial charge in [0.2, 0.25) is 5.91 Å². The molecular weight excluding hydrogens is 228 g/mol. The van der Waals surface area contributed by atoms with Crippen LogP contribution in [0.3, 0.4) is 0 Å². The van der Waals surface area contributed by atoms with Crippen LogP contribution in [0.4, 0.5) is 0 Å². The topological polar surface area (TPSA) is 41.6 Å². The van der Waals surface area contributed by atoms with Gasteiger partial charge in [0.15, 0.2) is 0 Å². The van der Waals surface area contributed by atoms with E-state index >= 15 is 0 Å². The zero-order valence-corrected chi connectivity index (χ0v) is 12.0. The molecule has 0 bridgehead atoms. The van der Waals surface area contributed by atoms with E-state index in [1.807, 2.05) is 18.7 Å². The van der Waals surface area contributed by atoms with Gasteiger partial charge in [-0.15, -0.1) is 0 Å². The fraction of sp³-hybridized carbons (Fsp3) is 0.929. The maximum atomic E-state index is 12.4. The van der Waals surface area contributed by atoms with Gasteiger partial charge in [0.05, 0.1) is 24.4 Å². The number of rotatable bonds is 6. The number of hydrogen-bond donors (Lipinski definition) is 1. The van der Waals surface area contributed by atoms with E-state index in [0.29, 0.717) is 25.0 Å². The first-order chi connectivity index (χ1) is 8.44. The lowest BCUT2D eigenvalue weighted by atomic mass is 10.1. The number of nitrogens with one attached hydrogen (secondary N) is 1. The normalized spacial score (nSPS) is 25.8. The van der Waals surface area contributed by atoms with E-state index in [4.69, 9.17) is 4.74 Å². The first kappa shape index (κ1) is 13.8. The molecule has 1 atom stereocenters. The quantitative estimate of drug-likeness (QED) is 0.785. The molecular formula is C14H26N2O2. The Morgan fingerprint density at radius 1 is 1.39 bits per heavy atom. The van der Waals surface area contributed by atoms with E-state index in [2.05, 4.69) is 19.2 Å². The zero-order chi connectivity index (χ0) is 13.3. The standard InChI is InChI=1S/C14H26N2O2/c1-10(2)9-12-15-14(5-6-14)13(17)16(12)7-8-18-11(3)4/h10-12,15H,5-9H2,1-4H3. The summed E-state index contributed by atoms with van der Waals surface area (Å²) in [4.78, 5) is 14.4. The fourth-order valence-electron chi connectivity index (χ4n) is 2.64. The third-order valence-corrected chi connectivity index (χ3v) is 3.72. The number of carbonyl (C=O) groups excluding carboxylic acids is 1. The Bertz CT molecular complexity index is 311. The van der Waals surface area contributed by atoms with Crippen LogP contribution in [0.2, 0.25) is 0 Å². The molecule has 1 heterocycles. The van der Waals surface area contributed by atoms with E-state index in [0.717, 1.165) is 19.3 Å². The summed E-state index contributed by atoms with van der Waals surface area (Å²) < 4.78 is 5.57. The van der Waals surface area contributed by atoms with Crippen LogP contribution in [0.25, 0.3) is 0 Å². The summed E-state index contributed by atoms with van der Waals surface area (Å²) in [5.41, 5.74) is -0.197. The molecule has 1 spiro atoms. The fourth-order valence-corrected chi connectivity index (χ4v) is 2.64. The molecule has 1 aliphatic carbocycles. The minimum Gasteiger partial charge on any atom is -0.377 e. The Morgan fingerprint density at radius 2 is 2.06 bits per heavy atom. The van der Waals surface area contributed by atoms with Crippen molar-refractivity contribution in [3.63, 3.8) is 0 Å². The summed E-state index contributed by atoms with van der Waals surface area (Å²) in [7, 11) is 0. The second-order valence-electron chi connectivity index (χ2n) is 6.29. The third kappa shape index (κ3) is 2.86. The SMILES string of the molecule is CC(C)CC1NC2(CC2)C(=O)N1CCOC(C)C. The first-order valence-corrected chi connectivity index (χ1v) is 7.15. The van der Waals surface area contributed by atoms with Crippen molar-refractivity contribution in [2.75, 3.05) is 13.2 Å². The van der Waals surface area contributed by atoms with Crippen LogP contribution < -0.4 is 5.32 Å². The highest BCUT2D eigenvalue weighted by Gasteiger charge is 2.58. The van der Waals surface area contributed by atoms with Crippen molar-refractivity contribution in [2.24, 2.45) is 5.92 Å². The Kier molecular flexibility index (Phi) is 3.97. The Hall–Kier alpha value is -0.610. The highest BCUT2D eigenvalue weighted by Crippen LogP contribution is 2.42. The molecule has 104 valence electrons. The van der Waals surface area contributed by atoms with Crippen molar-refractivity contribution >= 4 is 5.91 Å². The van der Waals surface area contributed by atoms with Crippen LogP contribution >= 0.6 is 0 Å². The predicted molar refractivity (Wildman–Crippen MR) is 71.1 cm³/mol. The average molecular weight is 254 g/mol. The van der Waals surface area contributed by atoms with Crippen LogP contribution in [0.15, 0.2) is 0 Å². The Balaban J connectivity index is 1.92. The number of amides is 1. The van der Waals surface area contributed by atoms with Gasteiger partial charge in [-0.1, -0.05) is 13.8 Å². The Morgan fingerprint density at radius 3 is 2.56 bits per heavy atom. The molecule has 18 heavy (non-hydrogen) atoms. The first-order valence-electron chi connectivity index (χ1n) is 7.15. The summed E-state index contributed by atoms with van der Waals surface area (Å²) >= 11 is 0. The lowest BCUT2D eigenvalue weighted by molar-refractivity contribution is -0.131. The molecule has 0 aromatic heterocycles. The monoisotopic (exact) mass is 254 g/mol. The largest absolute Gasteiger partial charge is 0.377 e. The van der Waals surface area contributed by atoms with Crippen molar-refractivity contribution in [2.45, 2.75) is 64.8 Å². The third-order valence-electron chi connectivity index (χ3n) is 3.72. The van der Waals surface area contributed by atoms with Gasteiger partial charge >= 0.3 is 0 Å². The van der Waals surface area contributed by atoms with E-state index in [9.17, 15) is 4.79 Å². The molecule has 1 saturated carbocycles. The van der Waals surface area contributed by atoms with Gasteiger partial charge in [-0.05, 0) is 39.0 Å². The minimum absolute atomic E-state index is 0.197. The molecule has 1 saturated heterocycles. The molecule has 0 aromatic carbocycles. The molecule has 0 radical (unpaired) electrons. The molecule has 2 aliphatic rings. The molecule has 1 unspecified atom stereocenters. The van der Waals surface area contributed by atoms with Crippen molar-refractivity contribution in [1.29, 1.82) is 0 Å². The van der Waals surface area contributed by atoms with E-state index in [1.165, 1.54) is 0 Å². The smallest absolute Gasteiger partial charge is 0.244 e. The number of nitrogens with zero attached hydrogens (tertiary/aromatic N) is 1. The zero-order valence-electron chi connectivity index (χ0n) is 12.0. The molecule has 2 fully saturated rings. The number of hydrogen-bond acceptors (Lipinski definition) is 3. The van der Waals surface area contributed by atoms with Gasteiger partial charge in [0, 0.05) is 6.54 Å². The summed E-state index contributed by atoms with van der Waals surface area (Å²) in [6, 6.07) is 0. The van der Waals surface area contributed by atoms with Crippen LogP contribution in [0, 0.1) is 5.92 Å². The van der Waals surface area contributed by atoms with E-state index < -0.39 is 0 Å². The molecule has 4 heteroatoms. The maximum Gasteiger partial charge on any atom is 0.244 e. The lowest BCUT2D eigenvalue weighted by Crippen LogP contribution is -2.40. The minimum atomic E-state index is -0.197. The molecule has 1 N–H and O–H groups in total. The van der Waals surface area contributed by atoms with E-state index in [-0.39, 0.29) is 17.8 Å².